The lowest BCUT2D eigenvalue weighted by Crippen LogP contribution is -2.29. The quantitative estimate of drug-likeness (QED) is 0.854. The molecule has 2 rings (SSSR count). The summed E-state index contributed by atoms with van der Waals surface area (Å²) in [6.07, 6.45) is 6.15. The van der Waals surface area contributed by atoms with Crippen molar-refractivity contribution >= 4 is 17.5 Å². The van der Waals surface area contributed by atoms with Gasteiger partial charge in [-0.1, -0.05) is 11.6 Å². The Morgan fingerprint density at radius 3 is 3.17 bits per heavy atom. The molecular formula is C13H17ClN2O2. The van der Waals surface area contributed by atoms with Crippen LogP contribution >= 0.6 is 11.6 Å². The van der Waals surface area contributed by atoms with Crippen molar-refractivity contribution < 1.29 is 9.53 Å². The van der Waals surface area contributed by atoms with Crippen molar-refractivity contribution in [2.45, 2.75) is 31.8 Å². The Labute approximate surface area is 112 Å². The number of amides is 1. The highest BCUT2D eigenvalue weighted by Gasteiger charge is 2.15. The largest absolute Gasteiger partial charge is 0.378 e. The Kier molecular flexibility index (Phi) is 4.96. The molecule has 0 spiro atoms. The maximum Gasteiger partial charge on any atom is 0.254 e. The van der Waals surface area contributed by atoms with Crippen LogP contribution in [0.25, 0.3) is 0 Å². The minimum absolute atomic E-state index is 0.177. The van der Waals surface area contributed by atoms with Crippen LogP contribution in [0.5, 0.6) is 0 Å². The fourth-order valence-electron chi connectivity index (χ4n) is 2.03. The van der Waals surface area contributed by atoms with Crippen molar-refractivity contribution in [2.75, 3.05) is 13.2 Å². The summed E-state index contributed by atoms with van der Waals surface area (Å²) in [4.78, 5) is 15.7. The van der Waals surface area contributed by atoms with Gasteiger partial charge in [-0.2, -0.15) is 0 Å². The van der Waals surface area contributed by atoms with Gasteiger partial charge in [-0.25, -0.2) is 4.98 Å². The number of carbonyl (C=O) groups excluding carboxylic acids is 1. The summed E-state index contributed by atoms with van der Waals surface area (Å²) in [7, 11) is 0. The molecule has 1 aliphatic heterocycles. The van der Waals surface area contributed by atoms with Crippen molar-refractivity contribution in [3.8, 4) is 0 Å². The number of hydrogen-bond donors (Lipinski definition) is 1. The molecule has 18 heavy (non-hydrogen) atoms. The van der Waals surface area contributed by atoms with Gasteiger partial charge < -0.3 is 10.1 Å². The third-order valence-electron chi connectivity index (χ3n) is 3.03. The topological polar surface area (TPSA) is 51.2 Å². The summed E-state index contributed by atoms with van der Waals surface area (Å²) < 4.78 is 5.60. The number of pyridine rings is 1. The molecule has 0 saturated carbocycles. The highest BCUT2D eigenvalue weighted by Crippen LogP contribution is 2.15. The van der Waals surface area contributed by atoms with E-state index in [2.05, 4.69) is 10.3 Å². The predicted octanol–water partition coefficient (Wildman–Crippen LogP) is 2.42. The smallest absolute Gasteiger partial charge is 0.254 e. The first kappa shape index (κ1) is 13.3. The molecule has 0 radical (unpaired) electrons. The second-order valence-corrected chi connectivity index (χ2v) is 4.73. The van der Waals surface area contributed by atoms with Gasteiger partial charge in [0.25, 0.3) is 5.91 Å². The number of nitrogens with one attached hydrogen (secondary N) is 1. The van der Waals surface area contributed by atoms with E-state index in [1.165, 1.54) is 6.42 Å². The van der Waals surface area contributed by atoms with Crippen LogP contribution in [-0.4, -0.2) is 30.1 Å². The summed E-state index contributed by atoms with van der Waals surface area (Å²) in [6, 6.07) is 3.37. The third-order valence-corrected chi connectivity index (χ3v) is 3.33. The van der Waals surface area contributed by atoms with Crippen LogP contribution in [0, 0.1) is 0 Å². The summed E-state index contributed by atoms with van der Waals surface area (Å²) in [5, 5.41) is 3.08. The fraction of sp³-hybridized carbons (Fsp3) is 0.538. The summed E-state index contributed by atoms with van der Waals surface area (Å²) in [6.45, 7) is 1.45. The van der Waals surface area contributed by atoms with E-state index in [1.807, 2.05) is 0 Å². The van der Waals surface area contributed by atoms with Crippen molar-refractivity contribution in [3.05, 3.63) is 29.0 Å². The molecule has 1 aromatic rings. The Hall–Kier alpha value is -1.13. The fourth-order valence-corrected chi connectivity index (χ4v) is 2.24. The van der Waals surface area contributed by atoms with Gasteiger partial charge in [0.15, 0.2) is 0 Å². The van der Waals surface area contributed by atoms with E-state index >= 15 is 0 Å². The predicted molar refractivity (Wildman–Crippen MR) is 69.8 cm³/mol. The first-order valence-electron chi connectivity index (χ1n) is 6.27. The van der Waals surface area contributed by atoms with Crippen molar-refractivity contribution in [1.82, 2.24) is 10.3 Å². The number of ether oxygens (including phenoxy) is 1. The molecule has 1 unspecified atom stereocenters. The van der Waals surface area contributed by atoms with E-state index in [0.717, 1.165) is 25.9 Å². The number of rotatable bonds is 4. The first-order chi connectivity index (χ1) is 8.77. The molecule has 1 atom stereocenters. The lowest BCUT2D eigenvalue weighted by Gasteiger charge is -2.22. The summed E-state index contributed by atoms with van der Waals surface area (Å²) in [5.74, 6) is -0.177. The second kappa shape index (κ2) is 6.71. The number of halogens is 1. The van der Waals surface area contributed by atoms with Crippen LogP contribution in [-0.2, 0) is 4.74 Å². The van der Waals surface area contributed by atoms with Crippen LogP contribution in [0.15, 0.2) is 18.3 Å². The highest BCUT2D eigenvalue weighted by atomic mass is 35.5. The van der Waals surface area contributed by atoms with E-state index in [-0.39, 0.29) is 17.2 Å². The molecule has 1 fully saturated rings. The molecule has 2 heterocycles. The number of nitrogens with zero attached hydrogens (tertiary/aromatic N) is 1. The van der Waals surface area contributed by atoms with Crippen molar-refractivity contribution in [3.63, 3.8) is 0 Å². The Bertz CT molecular complexity index is 406. The number of aromatic nitrogens is 1. The van der Waals surface area contributed by atoms with E-state index < -0.39 is 0 Å². The monoisotopic (exact) mass is 268 g/mol. The molecule has 0 bridgehead atoms. The first-order valence-corrected chi connectivity index (χ1v) is 6.65. The van der Waals surface area contributed by atoms with E-state index in [4.69, 9.17) is 16.3 Å². The van der Waals surface area contributed by atoms with Gasteiger partial charge in [0, 0.05) is 19.3 Å². The standard InChI is InChI=1S/C13H17ClN2O2/c14-12-11(5-3-7-15-12)13(17)16-8-6-10-4-1-2-9-18-10/h3,5,7,10H,1-2,4,6,8-9H2,(H,16,17). The molecule has 1 aliphatic rings. The van der Waals surface area contributed by atoms with Gasteiger partial charge in [-0.05, 0) is 37.8 Å². The maximum absolute atomic E-state index is 11.8. The second-order valence-electron chi connectivity index (χ2n) is 4.37. The van der Waals surface area contributed by atoms with Gasteiger partial charge in [0.1, 0.15) is 5.15 Å². The molecule has 98 valence electrons. The Morgan fingerprint density at radius 2 is 2.44 bits per heavy atom. The third kappa shape index (κ3) is 3.68. The van der Waals surface area contributed by atoms with E-state index in [9.17, 15) is 4.79 Å². The minimum Gasteiger partial charge on any atom is -0.378 e. The van der Waals surface area contributed by atoms with Crippen LogP contribution in [0.1, 0.15) is 36.0 Å². The lowest BCUT2D eigenvalue weighted by molar-refractivity contribution is 0.0117. The van der Waals surface area contributed by atoms with Crippen LogP contribution in [0.4, 0.5) is 0 Å². The molecule has 0 aliphatic carbocycles. The average Bonchev–Trinajstić information content (AvgIpc) is 2.40. The van der Waals surface area contributed by atoms with E-state index in [0.29, 0.717) is 12.1 Å². The molecular weight excluding hydrogens is 252 g/mol. The highest BCUT2D eigenvalue weighted by molar-refractivity contribution is 6.32. The Morgan fingerprint density at radius 1 is 1.56 bits per heavy atom. The molecule has 5 heteroatoms. The van der Waals surface area contributed by atoms with Crippen molar-refractivity contribution in [2.24, 2.45) is 0 Å². The van der Waals surface area contributed by atoms with E-state index in [1.54, 1.807) is 18.3 Å². The molecule has 1 amide bonds. The molecule has 1 saturated heterocycles. The summed E-state index contributed by atoms with van der Waals surface area (Å²) >= 11 is 5.85. The number of carbonyl (C=O) groups is 1. The lowest BCUT2D eigenvalue weighted by atomic mass is 10.1. The SMILES string of the molecule is O=C(NCCC1CCCCO1)c1cccnc1Cl. The van der Waals surface area contributed by atoms with Gasteiger partial charge in [0.2, 0.25) is 0 Å². The van der Waals surface area contributed by atoms with Crippen LogP contribution < -0.4 is 5.32 Å². The zero-order chi connectivity index (χ0) is 12.8. The zero-order valence-corrected chi connectivity index (χ0v) is 10.9. The zero-order valence-electron chi connectivity index (χ0n) is 10.2. The molecule has 0 aromatic carbocycles. The molecule has 4 nitrogen and oxygen atoms in total. The maximum atomic E-state index is 11.8. The normalized spacial score (nSPS) is 19.5. The van der Waals surface area contributed by atoms with Crippen molar-refractivity contribution in [1.29, 1.82) is 0 Å². The van der Waals surface area contributed by atoms with Gasteiger partial charge in [0.05, 0.1) is 11.7 Å². The van der Waals surface area contributed by atoms with Crippen LogP contribution in [0.2, 0.25) is 5.15 Å². The molecule has 1 N–H and O–H groups in total. The van der Waals surface area contributed by atoms with Gasteiger partial charge in [-0.15, -0.1) is 0 Å². The van der Waals surface area contributed by atoms with Gasteiger partial charge in [-0.3, -0.25) is 4.79 Å². The van der Waals surface area contributed by atoms with Gasteiger partial charge >= 0.3 is 0 Å². The number of hydrogen-bond acceptors (Lipinski definition) is 3. The minimum atomic E-state index is -0.177. The Balaban J connectivity index is 1.76. The average molecular weight is 269 g/mol. The molecule has 1 aromatic heterocycles. The summed E-state index contributed by atoms with van der Waals surface area (Å²) in [5.41, 5.74) is 0.420. The van der Waals surface area contributed by atoms with Crippen LogP contribution in [0.3, 0.4) is 0 Å².